The Morgan fingerprint density at radius 2 is 1.80 bits per heavy atom. The Labute approximate surface area is 91.2 Å². The van der Waals surface area contributed by atoms with E-state index in [0.29, 0.717) is 19.3 Å². The van der Waals surface area contributed by atoms with Crippen LogP contribution in [0.3, 0.4) is 0 Å². The first-order chi connectivity index (χ1) is 7.10. The van der Waals surface area contributed by atoms with Crippen LogP contribution in [-0.2, 0) is 14.3 Å². The Hall–Kier alpha value is -0.860. The quantitative estimate of drug-likeness (QED) is 0.673. The van der Waals surface area contributed by atoms with Crippen molar-refractivity contribution in [2.24, 2.45) is 0 Å². The average molecular weight is 212 g/mol. The summed E-state index contributed by atoms with van der Waals surface area (Å²) in [7, 11) is 0. The molecule has 0 unspecified atom stereocenters. The second kappa shape index (κ2) is 5.29. The van der Waals surface area contributed by atoms with Crippen LogP contribution in [0.1, 0.15) is 58.8 Å². The molecule has 1 aliphatic carbocycles. The second-order valence-corrected chi connectivity index (χ2v) is 4.34. The predicted octanol–water partition coefficient (Wildman–Crippen LogP) is 2.62. The van der Waals surface area contributed by atoms with Crippen LogP contribution in [0, 0.1) is 0 Å². The van der Waals surface area contributed by atoms with Gasteiger partial charge in [0.1, 0.15) is 0 Å². The Bertz CT molecular complexity index is 239. The van der Waals surface area contributed by atoms with E-state index in [4.69, 9.17) is 4.74 Å². The number of hydrogen-bond acceptors (Lipinski definition) is 3. The summed E-state index contributed by atoms with van der Waals surface area (Å²) < 4.78 is 5.39. The first kappa shape index (κ1) is 12.2. The van der Waals surface area contributed by atoms with Gasteiger partial charge in [-0.05, 0) is 39.0 Å². The summed E-state index contributed by atoms with van der Waals surface area (Å²) in [4.78, 5) is 23.0. The van der Waals surface area contributed by atoms with Gasteiger partial charge >= 0.3 is 5.97 Å². The average Bonchev–Trinajstić information content (AvgIpc) is 2.19. The number of esters is 1. The number of rotatable bonds is 4. The zero-order chi connectivity index (χ0) is 11.3. The Kier molecular flexibility index (Phi) is 4.30. The lowest BCUT2D eigenvalue weighted by Gasteiger charge is -2.34. The lowest BCUT2D eigenvalue weighted by molar-refractivity contribution is -0.170. The molecule has 1 saturated carbocycles. The van der Waals surface area contributed by atoms with Gasteiger partial charge < -0.3 is 4.74 Å². The Morgan fingerprint density at radius 3 is 2.27 bits per heavy atom. The molecule has 0 saturated heterocycles. The van der Waals surface area contributed by atoms with Crippen molar-refractivity contribution >= 4 is 11.8 Å². The van der Waals surface area contributed by atoms with Gasteiger partial charge in [0.25, 0.3) is 0 Å². The summed E-state index contributed by atoms with van der Waals surface area (Å²) >= 11 is 0. The molecule has 0 aromatic rings. The van der Waals surface area contributed by atoms with Crippen LogP contribution in [0.25, 0.3) is 0 Å². The zero-order valence-electron chi connectivity index (χ0n) is 9.67. The van der Waals surface area contributed by atoms with Crippen molar-refractivity contribution in [3.8, 4) is 0 Å². The molecule has 3 heteroatoms. The highest BCUT2D eigenvalue weighted by Gasteiger charge is 2.40. The molecule has 0 atom stereocenters. The van der Waals surface area contributed by atoms with Crippen LogP contribution < -0.4 is 0 Å². The van der Waals surface area contributed by atoms with Gasteiger partial charge in [-0.1, -0.05) is 13.3 Å². The first-order valence-corrected chi connectivity index (χ1v) is 5.83. The molecule has 0 amide bonds. The molecule has 15 heavy (non-hydrogen) atoms. The lowest BCUT2D eigenvalue weighted by Crippen LogP contribution is -2.43. The summed E-state index contributed by atoms with van der Waals surface area (Å²) in [6.07, 6.45) is 5.70. The number of carbonyl (C=O) groups excluding carboxylic acids is 2. The van der Waals surface area contributed by atoms with E-state index < -0.39 is 5.60 Å². The largest absolute Gasteiger partial charge is 0.451 e. The molecule has 3 nitrogen and oxygen atoms in total. The molecule has 0 heterocycles. The molecule has 0 aromatic heterocycles. The molecule has 86 valence electrons. The van der Waals surface area contributed by atoms with E-state index in [9.17, 15) is 9.59 Å². The number of carbonyl (C=O) groups is 2. The van der Waals surface area contributed by atoms with E-state index in [1.54, 1.807) is 0 Å². The minimum absolute atomic E-state index is 0.00616. The molecular formula is C12H20O3. The van der Waals surface area contributed by atoms with Gasteiger partial charge in [-0.25, -0.2) is 0 Å². The van der Waals surface area contributed by atoms with Crippen molar-refractivity contribution in [1.29, 1.82) is 0 Å². The first-order valence-electron chi connectivity index (χ1n) is 5.83. The Balaban J connectivity index is 2.64. The molecule has 1 aliphatic rings. The Morgan fingerprint density at radius 1 is 1.20 bits per heavy atom. The van der Waals surface area contributed by atoms with Gasteiger partial charge in [0.15, 0.2) is 11.4 Å². The third kappa shape index (κ3) is 3.05. The van der Waals surface area contributed by atoms with E-state index in [2.05, 4.69) is 0 Å². The zero-order valence-corrected chi connectivity index (χ0v) is 9.67. The summed E-state index contributed by atoms with van der Waals surface area (Å²) in [5.41, 5.74) is -0.787. The molecule has 0 N–H and O–H groups in total. The van der Waals surface area contributed by atoms with Gasteiger partial charge in [-0.15, -0.1) is 0 Å². The number of ether oxygens (including phenoxy) is 1. The SMILES string of the molecule is CCCC(=O)OC1(C(C)=O)CCCCC1. The van der Waals surface area contributed by atoms with Crippen LogP contribution in [0.2, 0.25) is 0 Å². The van der Waals surface area contributed by atoms with E-state index in [-0.39, 0.29) is 11.8 Å². The molecular weight excluding hydrogens is 192 g/mol. The minimum atomic E-state index is -0.787. The van der Waals surface area contributed by atoms with Gasteiger partial charge in [0.2, 0.25) is 0 Å². The standard InChI is InChI=1S/C12H20O3/c1-3-7-11(14)15-12(10(2)13)8-5-4-6-9-12/h3-9H2,1-2H3. The fourth-order valence-electron chi connectivity index (χ4n) is 2.12. The highest BCUT2D eigenvalue weighted by molar-refractivity contribution is 5.87. The topological polar surface area (TPSA) is 43.4 Å². The summed E-state index contributed by atoms with van der Waals surface area (Å²) in [5, 5.41) is 0. The van der Waals surface area contributed by atoms with Crippen LogP contribution in [-0.4, -0.2) is 17.4 Å². The fourth-order valence-corrected chi connectivity index (χ4v) is 2.12. The van der Waals surface area contributed by atoms with Crippen LogP contribution in [0.15, 0.2) is 0 Å². The number of Topliss-reactive ketones (excluding diaryl/α,β-unsaturated/α-hetero) is 1. The monoisotopic (exact) mass is 212 g/mol. The van der Waals surface area contributed by atoms with Crippen LogP contribution in [0.4, 0.5) is 0 Å². The third-order valence-electron chi connectivity index (χ3n) is 3.07. The molecule has 1 fully saturated rings. The number of hydrogen-bond donors (Lipinski definition) is 0. The van der Waals surface area contributed by atoms with E-state index in [1.807, 2.05) is 6.92 Å². The van der Waals surface area contributed by atoms with E-state index >= 15 is 0 Å². The van der Waals surface area contributed by atoms with Gasteiger partial charge in [-0.2, -0.15) is 0 Å². The van der Waals surface area contributed by atoms with Crippen molar-refractivity contribution in [1.82, 2.24) is 0 Å². The van der Waals surface area contributed by atoms with E-state index in [0.717, 1.165) is 25.7 Å². The highest BCUT2D eigenvalue weighted by Crippen LogP contribution is 2.32. The molecule has 0 bridgehead atoms. The maximum Gasteiger partial charge on any atom is 0.306 e. The summed E-state index contributed by atoms with van der Waals surface area (Å²) in [6.45, 7) is 3.47. The smallest absolute Gasteiger partial charge is 0.306 e. The summed E-state index contributed by atoms with van der Waals surface area (Å²) in [6, 6.07) is 0. The lowest BCUT2D eigenvalue weighted by atomic mass is 9.82. The maximum atomic E-state index is 11.6. The van der Waals surface area contributed by atoms with Gasteiger partial charge in [0.05, 0.1) is 0 Å². The van der Waals surface area contributed by atoms with Gasteiger partial charge in [0, 0.05) is 6.42 Å². The molecule has 0 radical (unpaired) electrons. The van der Waals surface area contributed by atoms with Crippen LogP contribution in [0.5, 0.6) is 0 Å². The second-order valence-electron chi connectivity index (χ2n) is 4.34. The molecule has 0 aromatic carbocycles. The van der Waals surface area contributed by atoms with E-state index in [1.165, 1.54) is 6.92 Å². The van der Waals surface area contributed by atoms with Gasteiger partial charge in [-0.3, -0.25) is 9.59 Å². The molecule has 1 rings (SSSR count). The van der Waals surface area contributed by atoms with Crippen molar-refractivity contribution in [3.63, 3.8) is 0 Å². The predicted molar refractivity (Wildman–Crippen MR) is 57.5 cm³/mol. The normalized spacial score (nSPS) is 19.6. The third-order valence-corrected chi connectivity index (χ3v) is 3.07. The highest BCUT2D eigenvalue weighted by atomic mass is 16.6. The molecule has 0 aliphatic heterocycles. The van der Waals surface area contributed by atoms with Crippen molar-refractivity contribution < 1.29 is 14.3 Å². The van der Waals surface area contributed by atoms with Crippen molar-refractivity contribution in [3.05, 3.63) is 0 Å². The van der Waals surface area contributed by atoms with Crippen molar-refractivity contribution in [2.75, 3.05) is 0 Å². The fraction of sp³-hybridized carbons (Fsp3) is 0.833. The maximum absolute atomic E-state index is 11.6. The summed E-state index contributed by atoms with van der Waals surface area (Å²) in [5.74, 6) is -0.221. The minimum Gasteiger partial charge on any atom is -0.451 e. The molecule has 0 spiro atoms. The number of ketones is 1. The van der Waals surface area contributed by atoms with Crippen LogP contribution >= 0.6 is 0 Å². The van der Waals surface area contributed by atoms with Crippen molar-refractivity contribution in [2.45, 2.75) is 64.4 Å².